The molecule has 0 bridgehead atoms. The summed E-state index contributed by atoms with van der Waals surface area (Å²) in [7, 11) is 0. The van der Waals surface area contributed by atoms with E-state index in [4.69, 9.17) is 5.73 Å². The molecule has 0 aliphatic carbocycles. The predicted molar refractivity (Wildman–Crippen MR) is 123 cm³/mol. The van der Waals surface area contributed by atoms with Crippen LogP contribution in [0.2, 0.25) is 0 Å². The maximum absolute atomic E-state index is 14.5. The van der Waals surface area contributed by atoms with Gasteiger partial charge in [-0.3, -0.25) is 14.5 Å². The molecule has 4 heterocycles. The van der Waals surface area contributed by atoms with Gasteiger partial charge in [-0.2, -0.15) is 10.1 Å². The minimum atomic E-state index is -0.736. The van der Waals surface area contributed by atoms with Crippen LogP contribution in [-0.2, 0) is 0 Å². The molecule has 1 unspecified atom stereocenters. The Morgan fingerprint density at radius 2 is 1.82 bits per heavy atom. The Hall–Kier alpha value is -3.89. The van der Waals surface area contributed by atoms with Crippen LogP contribution in [0.4, 0.5) is 14.7 Å². The van der Waals surface area contributed by atoms with E-state index in [-0.39, 0.29) is 35.1 Å². The van der Waals surface area contributed by atoms with E-state index in [0.717, 1.165) is 18.8 Å². The molecule has 4 aromatic rings. The molecule has 0 aromatic carbocycles. The van der Waals surface area contributed by atoms with Crippen LogP contribution in [0.15, 0.2) is 36.9 Å². The normalized spacial score (nSPS) is 13.4. The van der Waals surface area contributed by atoms with Crippen LogP contribution in [0.5, 0.6) is 0 Å². The quantitative estimate of drug-likeness (QED) is 0.428. The summed E-state index contributed by atoms with van der Waals surface area (Å²) in [6, 6.07) is 2.66. The number of pyridine rings is 2. The first kappa shape index (κ1) is 23.3. The first-order chi connectivity index (χ1) is 16.2. The van der Waals surface area contributed by atoms with E-state index in [0.29, 0.717) is 16.8 Å². The van der Waals surface area contributed by atoms with Gasteiger partial charge in [0.1, 0.15) is 17.3 Å². The van der Waals surface area contributed by atoms with Gasteiger partial charge < -0.3 is 11.1 Å². The van der Waals surface area contributed by atoms with Gasteiger partial charge in [0, 0.05) is 17.8 Å². The molecule has 0 saturated carbocycles. The van der Waals surface area contributed by atoms with E-state index in [1.807, 2.05) is 27.7 Å². The van der Waals surface area contributed by atoms with Crippen molar-refractivity contribution in [1.82, 2.24) is 34.7 Å². The van der Waals surface area contributed by atoms with Crippen molar-refractivity contribution in [2.75, 3.05) is 5.73 Å². The van der Waals surface area contributed by atoms with Crippen LogP contribution in [0.1, 0.15) is 56.2 Å². The van der Waals surface area contributed by atoms with Crippen molar-refractivity contribution in [1.29, 1.82) is 0 Å². The van der Waals surface area contributed by atoms with Crippen molar-refractivity contribution in [3.63, 3.8) is 0 Å². The van der Waals surface area contributed by atoms with Gasteiger partial charge in [0.2, 0.25) is 5.95 Å². The zero-order chi connectivity index (χ0) is 24.6. The maximum atomic E-state index is 14.5. The molecule has 11 heteroatoms. The van der Waals surface area contributed by atoms with E-state index in [1.165, 1.54) is 9.20 Å². The second-order valence-electron chi connectivity index (χ2n) is 8.57. The van der Waals surface area contributed by atoms with Crippen molar-refractivity contribution in [3.8, 4) is 11.1 Å². The number of rotatable bonds is 7. The lowest BCUT2D eigenvalue weighted by Gasteiger charge is -2.22. The molecular weight excluding hydrogens is 442 g/mol. The summed E-state index contributed by atoms with van der Waals surface area (Å²) in [6.45, 7) is 7.59. The second-order valence-corrected chi connectivity index (χ2v) is 8.57. The lowest BCUT2D eigenvalue weighted by Crippen LogP contribution is -2.33. The number of halogens is 2. The van der Waals surface area contributed by atoms with Gasteiger partial charge in [-0.15, -0.1) is 5.10 Å². The third-order valence-corrected chi connectivity index (χ3v) is 5.71. The molecular formula is C23H26F2N8O. The van der Waals surface area contributed by atoms with Crippen molar-refractivity contribution < 1.29 is 13.6 Å². The van der Waals surface area contributed by atoms with Crippen molar-refractivity contribution in [2.24, 2.45) is 5.92 Å². The summed E-state index contributed by atoms with van der Waals surface area (Å²) in [4.78, 5) is 20.7. The molecule has 0 aliphatic rings. The zero-order valence-electron chi connectivity index (χ0n) is 19.3. The lowest BCUT2D eigenvalue weighted by atomic mass is 9.96. The van der Waals surface area contributed by atoms with Gasteiger partial charge in [-0.1, -0.05) is 20.8 Å². The average molecular weight is 469 g/mol. The van der Waals surface area contributed by atoms with Crippen LogP contribution in [0.3, 0.4) is 0 Å². The van der Waals surface area contributed by atoms with Crippen molar-refractivity contribution in [3.05, 3.63) is 59.8 Å². The van der Waals surface area contributed by atoms with Gasteiger partial charge in [0.15, 0.2) is 5.65 Å². The number of hydrogen-bond acceptors (Lipinski definition) is 6. The third-order valence-electron chi connectivity index (χ3n) is 5.71. The highest BCUT2D eigenvalue weighted by Crippen LogP contribution is 2.32. The van der Waals surface area contributed by atoms with Gasteiger partial charge in [0.25, 0.3) is 5.91 Å². The SMILES string of the molecule is CC[C@H](C)NC(=O)c1cc(-c2cnn(C(c3c(F)cncc3F)C(C)C)c2)cc2nc(N)nn12. The first-order valence-corrected chi connectivity index (χ1v) is 11.0. The Morgan fingerprint density at radius 1 is 1.12 bits per heavy atom. The number of carbonyl (C=O) groups excluding carboxylic acids is 1. The van der Waals surface area contributed by atoms with E-state index in [1.54, 1.807) is 24.5 Å². The maximum Gasteiger partial charge on any atom is 0.270 e. The standard InChI is InChI=1S/C23H26F2N8O/c1-5-13(4)29-22(34)18-6-14(7-19-30-23(26)31-33(18)19)15-8-28-32(11-15)21(12(2)3)20-16(24)9-27-10-17(20)25/h6-13,21H,5H2,1-4H3,(H2,26,31)(H,29,34)/t13-,21?/m0/s1. The molecule has 0 radical (unpaired) electrons. The third kappa shape index (κ3) is 4.33. The molecule has 4 rings (SSSR count). The predicted octanol–water partition coefficient (Wildman–Crippen LogP) is 3.62. The molecule has 1 amide bonds. The molecule has 9 nitrogen and oxygen atoms in total. The number of amides is 1. The highest BCUT2D eigenvalue weighted by molar-refractivity contribution is 5.95. The molecule has 0 spiro atoms. The van der Waals surface area contributed by atoms with Crippen molar-refractivity contribution >= 4 is 17.5 Å². The fourth-order valence-corrected chi connectivity index (χ4v) is 3.84. The van der Waals surface area contributed by atoms with Crippen LogP contribution in [0, 0.1) is 17.6 Å². The number of nitrogens with zero attached hydrogens (tertiary/aromatic N) is 6. The number of aromatic nitrogens is 6. The first-order valence-electron chi connectivity index (χ1n) is 11.0. The number of nitrogens with one attached hydrogen (secondary N) is 1. The Labute approximate surface area is 195 Å². The van der Waals surface area contributed by atoms with Crippen LogP contribution in [0.25, 0.3) is 16.8 Å². The smallest absolute Gasteiger partial charge is 0.270 e. The van der Waals surface area contributed by atoms with Crippen LogP contribution < -0.4 is 11.1 Å². The van der Waals surface area contributed by atoms with Crippen LogP contribution in [-0.4, -0.2) is 41.3 Å². The summed E-state index contributed by atoms with van der Waals surface area (Å²) in [5, 5.41) is 11.4. The van der Waals surface area contributed by atoms with Gasteiger partial charge in [-0.05, 0) is 37.0 Å². The largest absolute Gasteiger partial charge is 0.366 e. The Kier molecular flexibility index (Phi) is 6.27. The highest BCUT2D eigenvalue weighted by atomic mass is 19.1. The summed E-state index contributed by atoms with van der Waals surface area (Å²) < 4.78 is 31.9. The minimum Gasteiger partial charge on any atom is -0.366 e. The van der Waals surface area contributed by atoms with Crippen molar-refractivity contribution in [2.45, 2.75) is 46.2 Å². The summed E-state index contributed by atoms with van der Waals surface area (Å²) in [5.41, 5.74) is 7.61. The van der Waals surface area contributed by atoms with Gasteiger partial charge in [0.05, 0.1) is 30.2 Å². The number of anilines is 1. The molecule has 0 aliphatic heterocycles. The summed E-state index contributed by atoms with van der Waals surface area (Å²) in [5.74, 6) is -1.93. The number of nitrogens with two attached hydrogens (primary N) is 1. The van der Waals surface area contributed by atoms with Gasteiger partial charge >= 0.3 is 0 Å². The highest BCUT2D eigenvalue weighted by Gasteiger charge is 2.26. The molecule has 3 N–H and O–H groups in total. The lowest BCUT2D eigenvalue weighted by molar-refractivity contribution is 0.0932. The average Bonchev–Trinajstić information content (AvgIpc) is 3.41. The molecule has 4 aromatic heterocycles. The molecule has 178 valence electrons. The number of nitrogen functional groups attached to an aromatic ring is 1. The summed E-state index contributed by atoms with van der Waals surface area (Å²) >= 11 is 0. The topological polar surface area (TPSA) is 116 Å². The van der Waals surface area contributed by atoms with E-state index < -0.39 is 17.7 Å². The molecule has 2 atom stereocenters. The Balaban J connectivity index is 1.79. The second kappa shape index (κ2) is 9.16. The number of carbonyl (C=O) groups is 1. The zero-order valence-corrected chi connectivity index (χ0v) is 19.3. The minimum absolute atomic E-state index is 0.0354. The number of hydrogen-bond donors (Lipinski definition) is 2. The van der Waals surface area contributed by atoms with Crippen LogP contribution >= 0.6 is 0 Å². The molecule has 34 heavy (non-hydrogen) atoms. The fraction of sp³-hybridized carbons (Fsp3) is 0.348. The van der Waals surface area contributed by atoms with E-state index in [9.17, 15) is 13.6 Å². The number of fused-ring (bicyclic) bond motifs is 1. The van der Waals surface area contributed by atoms with Gasteiger partial charge in [-0.25, -0.2) is 13.3 Å². The van der Waals surface area contributed by atoms with E-state index in [2.05, 4.69) is 25.5 Å². The fourth-order valence-electron chi connectivity index (χ4n) is 3.84. The summed E-state index contributed by atoms with van der Waals surface area (Å²) in [6.07, 6.45) is 6.01. The monoisotopic (exact) mass is 468 g/mol. The van der Waals surface area contributed by atoms with E-state index >= 15 is 0 Å². The molecule has 0 saturated heterocycles. The molecule has 0 fully saturated rings. The Morgan fingerprint density at radius 3 is 2.47 bits per heavy atom. The Bertz CT molecular complexity index is 1330.